The van der Waals surface area contributed by atoms with Gasteiger partial charge in [-0.3, -0.25) is 4.79 Å². The molecule has 2 fully saturated rings. The van der Waals surface area contributed by atoms with Crippen LogP contribution in [-0.4, -0.2) is 48.4 Å². The zero-order valence-corrected chi connectivity index (χ0v) is 16.6. The Bertz CT molecular complexity index is 601. The highest BCUT2D eigenvalue weighted by molar-refractivity contribution is 9.10. The maximum atomic E-state index is 13.3. The summed E-state index contributed by atoms with van der Waals surface area (Å²) in [5.41, 5.74) is 0.866. The molecule has 2 saturated heterocycles. The topological polar surface area (TPSA) is 23.6 Å². The SMILES string of the molecule is CC1CCN(CC2CCCN(C(=O)Cc3ccc(F)c(Br)c3)C2)CC1. The van der Waals surface area contributed by atoms with Gasteiger partial charge in [-0.2, -0.15) is 0 Å². The molecule has 0 saturated carbocycles. The predicted molar refractivity (Wildman–Crippen MR) is 102 cm³/mol. The van der Waals surface area contributed by atoms with Crippen molar-refractivity contribution in [3.63, 3.8) is 0 Å². The van der Waals surface area contributed by atoms with E-state index < -0.39 is 0 Å². The van der Waals surface area contributed by atoms with Gasteiger partial charge in [-0.15, -0.1) is 0 Å². The van der Waals surface area contributed by atoms with Crippen LogP contribution in [0.1, 0.15) is 38.2 Å². The second kappa shape index (κ2) is 8.63. The highest BCUT2D eigenvalue weighted by Crippen LogP contribution is 2.23. The number of carbonyl (C=O) groups is 1. The number of amides is 1. The van der Waals surface area contributed by atoms with Gasteiger partial charge in [0, 0.05) is 19.6 Å². The molecule has 0 radical (unpaired) electrons. The van der Waals surface area contributed by atoms with Gasteiger partial charge in [-0.1, -0.05) is 13.0 Å². The Balaban J connectivity index is 1.51. The van der Waals surface area contributed by atoms with Crippen molar-refractivity contribution in [3.8, 4) is 0 Å². The molecule has 3 nitrogen and oxygen atoms in total. The highest BCUT2D eigenvalue weighted by Gasteiger charge is 2.26. The molecule has 0 bridgehead atoms. The molecule has 1 unspecified atom stereocenters. The third-order valence-electron chi connectivity index (χ3n) is 5.60. The van der Waals surface area contributed by atoms with Crippen LogP contribution in [0.4, 0.5) is 4.39 Å². The number of halogens is 2. The summed E-state index contributed by atoms with van der Waals surface area (Å²) < 4.78 is 13.8. The molecule has 2 aliphatic heterocycles. The quantitative estimate of drug-likeness (QED) is 0.745. The van der Waals surface area contributed by atoms with Crippen molar-refractivity contribution in [1.29, 1.82) is 0 Å². The minimum absolute atomic E-state index is 0.162. The maximum Gasteiger partial charge on any atom is 0.226 e. The van der Waals surface area contributed by atoms with Gasteiger partial charge in [-0.05, 0) is 84.2 Å². The van der Waals surface area contributed by atoms with Crippen molar-refractivity contribution in [1.82, 2.24) is 9.80 Å². The third-order valence-corrected chi connectivity index (χ3v) is 6.21. The first-order chi connectivity index (χ1) is 12.0. The number of rotatable bonds is 4. The van der Waals surface area contributed by atoms with Crippen molar-refractivity contribution in [3.05, 3.63) is 34.1 Å². The molecule has 2 heterocycles. The number of benzene rings is 1. The molecule has 1 aromatic carbocycles. The van der Waals surface area contributed by atoms with Crippen LogP contribution in [0, 0.1) is 17.7 Å². The summed E-state index contributed by atoms with van der Waals surface area (Å²) in [6.07, 6.45) is 5.27. The van der Waals surface area contributed by atoms with E-state index in [1.54, 1.807) is 12.1 Å². The fraction of sp³-hybridized carbons (Fsp3) is 0.650. The van der Waals surface area contributed by atoms with E-state index in [0.717, 1.165) is 37.5 Å². The van der Waals surface area contributed by atoms with Crippen molar-refractivity contribution < 1.29 is 9.18 Å². The summed E-state index contributed by atoms with van der Waals surface area (Å²) >= 11 is 3.20. The van der Waals surface area contributed by atoms with E-state index in [-0.39, 0.29) is 11.7 Å². The van der Waals surface area contributed by atoms with Crippen LogP contribution in [0.3, 0.4) is 0 Å². The Hall–Kier alpha value is -0.940. The number of carbonyl (C=O) groups excluding carboxylic acids is 1. The number of hydrogen-bond acceptors (Lipinski definition) is 2. The lowest BCUT2D eigenvalue weighted by atomic mass is 9.94. The zero-order chi connectivity index (χ0) is 17.8. The van der Waals surface area contributed by atoms with Crippen LogP contribution >= 0.6 is 15.9 Å². The molecule has 5 heteroatoms. The standard InChI is InChI=1S/C20H28BrFN2O/c1-15-6-9-23(10-7-15)13-17-3-2-8-24(14-17)20(25)12-16-4-5-19(22)18(21)11-16/h4-5,11,15,17H,2-3,6-10,12-14H2,1H3. The third kappa shape index (κ3) is 5.27. The largest absolute Gasteiger partial charge is 0.342 e. The van der Waals surface area contributed by atoms with Gasteiger partial charge in [0.25, 0.3) is 0 Å². The van der Waals surface area contributed by atoms with E-state index in [4.69, 9.17) is 0 Å². The molecule has 1 aromatic rings. The first-order valence-corrected chi connectivity index (χ1v) is 10.2. The lowest BCUT2D eigenvalue weighted by Gasteiger charge is -2.38. The molecule has 1 atom stereocenters. The zero-order valence-electron chi connectivity index (χ0n) is 15.0. The Morgan fingerprint density at radius 1 is 1.24 bits per heavy atom. The molecule has 0 aromatic heterocycles. The highest BCUT2D eigenvalue weighted by atomic mass is 79.9. The normalized spacial score (nSPS) is 23.0. The van der Waals surface area contributed by atoms with Gasteiger partial charge in [0.2, 0.25) is 5.91 Å². The van der Waals surface area contributed by atoms with E-state index in [0.29, 0.717) is 16.8 Å². The monoisotopic (exact) mass is 410 g/mol. The summed E-state index contributed by atoms with van der Waals surface area (Å²) in [6.45, 7) is 7.59. The lowest BCUT2D eigenvalue weighted by Crippen LogP contribution is -2.45. The molecule has 0 spiro atoms. The Kier molecular flexibility index (Phi) is 6.50. The maximum absolute atomic E-state index is 13.3. The van der Waals surface area contributed by atoms with Gasteiger partial charge in [0.1, 0.15) is 5.82 Å². The van der Waals surface area contributed by atoms with E-state index in [1.165, 1.54) is 38.4 Å². The second-order valence-corrected chi connectivity index (χ2v) is 8.61. The van der Waals surface area contributed by atoms with E-state index >= 15 is 0 Å². The first-order valence-electron chi connectivity index (χ1n) is 9.45. The van der Waals surface area contributed by atoms with Crippen molar-refractivity contribution >= 4 is 21.8 Å². The molecule has 0 aliphatic carbocycles. The average molecular weight is 411 g/mol. The number of likely N-dealkylation sites (tertiary alicyclic amines) is 2. The smallest absolute Gasteiger partial charge is 0.226 e. The minimum Gasteiger partial charge on any atom is -0.342 e. The Labute approximate surface area is 158 Å². The summed E-state index contributed by atoms with van der Waals surface area (Å²) in [6, 6.07) is 4.83. The fourth-order valence-corrected chi connectivity index (χ4v) is 4.41. The minimum atomic E-state index is -0.287. The predicted octanol–water partition coefficient (Wildman–Crippen LogP) is 4.10. The van der Waals surface area contributed by atoms with Crippen molar-refractivity contribution in [2.24, 2.45) is 11.8 Å². The second-order valence-electron chi connectivity index (χ2n) is 7.76. The van der Waals surface area contributed by atoms with Gasteiger partial charge >= 0.3 is 0 Å². The number of nitrogens with zero attached hydrogens (tertiary/aromatic N) is 2. The van der Waals surface area contributed by atoms with Crippen molar-refractivity contribution in [2.45, 2.75) is 39.0 Å². The molecular weight excluding hydrogens is 383 g/mol. The molecule has 25 heavy (non-hydrogen) atoms. The fourth-order valence-electron chi connectivity index (χ4n) is 3.99. The number of piperidine rings is 2. The average Bonchev–Trinajstić information content (AvgIpc) is 2.60. The molecule has 0 N–H and O–H groups in total. The lowest BCUT2D eigenvalue weighted by molar-refractivity contribution is -0.132. The van der Waals surface area contributed by atoms with Crippen LogP contribution in [0.25, 0.3) is 0 Å². The molecule has 1 amide bonds. The first kappa shape index (κ1) is 18.8. The van der Waals surface area contributed by atoms with Crippen LogP contribution in [0.5, 0.6) is 0 Å². The Morgan fingerprint density at radius 3 is 2.72 bits per heavy atom. The van der Waals surface area contributed by atoms with E-state index in [1.807, 2.05) is 4.90 Å². The summed E-state index contributed by atoms with van der Waals surface area (Å²) in [5.74, 6) is 1.32. The van der Waals surface area contributed by atoms with E-state index in [2.05, 4.69) is 27.8 Å². The van der Waals surface area contributed by atoms with E-state index in [9.17, 15) is 9.18 Å². The summed E-state index contributed by atoms with van der Waals surface area (Å²) in [4.78, 5) is 17.2. The number of hydrogen-bond donors (Lipinski definition) is 0. The van der Waals surface area contributed by atoms with Crippen LogP contribution in [0.15, 0.2) is 22.7 Å². The Morgan fingerprint density at radius 2 is 2.00 bits per heavy atom. The molecule has 2 aliphatic rings. The molecule has 3 rings (SSSR count). The van der Waals surface area contributed by atoms with Crippen LogP contribution in [-0.2, 0) is 11.2 Å². The van der Waals surface area contributed by atoms with Gasteiger partial charge in [0.05, 0.1) is 10.9 Å². The summed E-state index contributed by atoms with van der Waals surface area (Å²) in [7, 11) is 0. The van der Waals surface area contributed by atoms with Gasteiger partial charge in [0.15, 0.2) is 0 Å². The summed E-state index contributed by atoms with van der Waals surface area (Å²) in [5, 5.41) is 0. The van der Waals surface area contributed by atoms with Crippen LogP contribution < -0.4 is 0 Å². The van der Waals surface area contributed by atoms with Gasteiger partial charge in [-0.25, -0.2) is 4.39 Å². The molecule has 138 valence electrons. The van der Waals surface area contributed by atoms with Crippen molar-refractivity contribution in [2.75, 3.05) is 32.7 Å². The van der Waals surface area contributed by atoms with Crippen LogP contribution in [0.2, 0.25) is 0 Å². The van der Waals surface area contributed by atoms with Gasteiger partial charge < -0.3 is 9.80 Å². The molecular formula is C20H28BrFN2O.